The zero-order chi connectivity index (χ0) is 12.3. The quantitative estimate of drug-likeness (QED) is 0.817. The van der Waals surface area contributed by atoms with Crippen LogP contribution >= 0.6 is 0 Å². The Labute approximate surface area is 101 Å². The van der Waals surface area contributed by atoms with Crippen molar-refractivity contribution in [2.75, 3.05) is 0 Å². The van der Waals surface area contributed by atoms with E-state index in [1.54, 1.807) is 6.20 Å². The standard InChI is InChI=1S/C14H17N3/c1-10(2)7-8-11(15)14-9-16-12-5-3-4-6-13(12)17-14/h3-6,9,11H,1,7-8,15H2,2H3. The molecule has 1 unspecified atom stereocenters. The van der Waals surface area contributed by atoms with Gasteiger partial charge in [-0.3, -0.25) is 4.98 Å². The van der Waals surface area contributed by atoms with Crippen molar-refractivity contribution in [3.63, 3.8) is 0 Å². The van der Waals surface area contributed by atoms with Crippen molar-refractivity contribution in [2.45, 2.75) is 25.8 Å². The number of para-hydroxylation sites is 2. The Morgan fingerprint density at radius 3 is 2.76 bits per heavy atom. The molecule has 0 aliphatic heterocycles. The maximum atomic E-state index is 6.09. The normalized spacial score (nSPS) is 12.6. The van der Waals surface area contributed by atoms with Gasteiger partial charge in [0.15, 0.2) is 0 Å². The van der Waals surface area contributed by atoms with Crippen LogP contribution in [0.3, 0.4) is 0 Å². The number of nitrogens with two attached hydrogens (primary N) is 1. The molecule has 1 atom stereocenters. The van der Waals surface area contributed by atoms with Crippen LogP contribution in [0.15, 0.2) is 42.6 Å². The minimum atomic E-state index is -0.0659. The molecule has 1 aromatic carbocycles. The smallest absolute Gasteiger partial charge is 0.0890 e. The molecule has 1 aromatic heterocycles. The van der Waals surface area contributed by atoms with E-state index in [0.717, 1.165) is 35.1 Å². The second kappa shape index (κ2) is 5.06. The Morgan fingerprint density at radius 2 is 2.06 bits per heavy atom. The highest BCUT2D eigenvalue weighted by Crippen LogP contribution is 2.17. The molecular weight excluding hydrogens is 210 g/mol. The van der Waals surface area contributed by atoms with Gasteiger partial charge >= 0.3 is 0 Å². The highest BCUT2D eigenvalue weighted by Gasteiger charge is 2.08. The molecule has 0 amide bonds. The molecule has 2 aromatic rings. The van der Waals surface area contributed by atoms with E-state index in [-0.39, 0.29) is 6.04 Å². The number of hydrogen-bond acceptors (Lipinski definition) is 3. The van der Waals surface area contributed by atoms with E-state index in [4.69, 9.17) is 5.73 Å². The monoisotopic (exact) mass is 227 g/mol. The van der Waals surface area contributed by atoms with Crippen LogP contribution in [0.4, 0.5) is 0 Å². The molecule has 0 radical (unpaired) electrons. The second-order valence-electron chi connectivity index (χ2n) is 4.39. The van der Waals surface area contributed by atoms with Gasteiger partial charge in [-0.05, 0) is 31.9 Å². The molecule has 0 fully saturated rings. The molecule has 0 aliphatic rings. The maximum absolute atomic E-state index is 6.09. The minimum absolute atomic E-state index is 0.0659. The summed E-state index contributed by atoms with van der Waals surface area (Å²) in [6.45, 7) is 5.89. The summed E-state index contributed by atoms with van der Waals surface area (Å²) in [6.07, 6.45) is 3.56. The molecule has 3 nitrogen and oxygen atoms in total. The van der Waals surface area contributed by atoms with Gasteiger partial charge in [-0.15, -0.1) is 6.58 Å². The maximum Gasteiger partial charge on any atom is 0.0890 e. The topological polar surface area (TPSA) is 51.8 Å². The van der Waals surface area contributed by atoms with Gasteiger partial charge in [-0.2, -0.15) is 0 Å². The van der Waals surface area contributed by atoms with Crippen LogP contribution in [-0.2, 0) is 0 Å². The summed E-state index contributed by atoms with van der Waals surface area (Å²) < 4.78 is 0. The van der Waals surface area contributed by atoms with Gasteiger partial charge < -0.3 is 5.73 Å². The van der Waals surface area contributed by atoms with Gasteiger partial charge in [-0.25, -0.2) is 4.98 Å². The first-order valence-corrected chi connectivity index (χ1v) is 5.78. The van der Waals surface area contributed by atoms with Crippen molar-refractivity contribution in [1.82, 2.24) is 9.97 Å². The lowest BCUT2D eigenvalue weighted by molar-refractivity contribution is 0.631. The first-order valence-electron chi connectivity index (χ1n) is 5.78. The lowest BCUT2D eigenvalue weighted by Gasteiger charge is -2.11. The molecule has 0 saturated carbocycles. The van der Waals surface area contributed by atoms with Gasteiger partial charge in [0, 0.05) is 6.04 Å². The Kier molecular flexibility index (Phi) is 3.49. The van der Waals surface area contributed by atoms with E-state index >= 15 is 0 Å². The molecular formula is C14H17N3. The van der Waals surface area contributed by atoms with Crippen LogP contribution in [0.1, 0.15) is 31.5 Å². The number of benzene rings is 1. The molecule has 88 valence electrons. The molecule has 2 rings (SSSR count). The fourth-order valence-electron chi connectivity index (χ4n) is 1.70. The third kappa shape index (κ3) is 2.88. The summed E-state index contributed by atoms with van der Waals surface area (Å²) in [4.78, 5) is 8.90. The lowest BCUT2D eigenvalue weighted by Crippen LogP contribution is -2.12. The molecule has 0 aliphatic carbocycles. The van der Waals surface area contributed by atoms with Crippen LogP contribution in [0.25, 0.3) is 11.0 Å². The predicted molar refractivity (Wildman–Crippen MR) is 70.5 cm³/mol. The average molecular weight is 227 g/mol. The Bertz CT molecular complexity index is 534. The third-order valence-electron chi connectivity index (χ3n) is 2.73. The summed E-state index contributed by atoms with van der Waals surface area (Å²) in [5.41, 5.74) is 9.89. The van der Waals surface area contributed by atoms with Crippen LogP contribution in [0.5, 0.6) is 0 Å². The van der Waals surface area contributed by atoms with Crippen molar-refractivity contribution >= 4 is 11.0 Å². The molecule has 1 heterocycles. The van der Waals surface area contributed by atoms with Crippen LogP contribution in [0.2, 0.25) is 0 Å². The van der Waals surface area contributed by atoms with Gasteiger partial charge in [0.25, 0.3) is 0 Å². The van der Waals surface area contributed by atoms with Crippen molar-refractivity contribution < 1.29 is 0 Å². The van der Waals surface area contributed by atoms with E-state index in [0.29, 0.717) is 0 Å². The molecule has 17 heavy (non-hydrogen) atoms. The Balaban J connectivity index is 2.20. The molecule has 0 bridgehead atoms. The van der Waals surface area contributed by atoms with Crippen molar-refractivity contribution in [2.24, 2.45) is 5.73 Å². The summed E-state index contributed by atoms with van der Waals surface area (Å²) in [5, 5.41) is 0. The highest BCUT2D eigenvalue weighted by atomic mass is 14.8. The zero-order valence-electron chi connectivity index (χ0n) is 10.1. The number of nitrogens with zero attached hydrogens (tertiary/aromatic N) is 2. The average Bonchev–Trinajstić information content (AvgIpc) is 2.35. The van der Waals surface area contributed by atoms with Crippen LogP contribution in [0, 0.1) is 0 Å². The summed E-state index contributed by atoms with van der Waals surface area (Å²) in [6, 6.07) is 7.75. The number of aromatic nitrogens is 2. The number of allylic oxidation sites excluding steroid dienone is 1. The second-order valence-corrected chi connectivity index (χ2v) is 4.39. The lowest BCUT2D eigenvalue weighted by atomic mass is 10.1. The molecule has 3 heteroatoms. The fraction of sp³-hybridized carbons (Fsp3) is 0.286. The number of fused-ring (bicyclic) bond motifs is 1. The van der Waals surface area contributed by atoms with Crippen molar-refractivity contribution in [1.29, 1.82) is 0 Å². The van der Waals surface area contributed by atoms with E-state index in [1.165, 1.54) is 0 Å². The first kappa shape index (κ1) is 11.7. The van der Waals surface area contributed by atoms with E-state index in [9.17, 15) is 0 Å². The summed E-state index contributed by atoms with van der Waals surface area (Å²) in [5.74, 6) is 0. The van der Waals surface area contributed by atoms with Gasteiger partial charge in [-0.1, -0.05) is 17.7 Å². The van der Waals surface area contributed by atoms with E-state index < -0.39 is 0 Å². The molecule has 0 spiro atoms. The van der Waals surface area contributed by atoms with Gasteiger partial charge in [0.05, 0.1) is 22.9 Å². The number of rotatable bonds is 4. The highest BCUT2D eigenvalue weighted by molar-refractivity contribution is 5.73. The minimum Gasteiger partial charge on any atom is -0.323 e. The summed E-state index contributed by atoms with van der Waals surface area (Å²) in [7, 11) is 0. The van der Waals surface area contributed by atoms with Gasteiger partial charge in [0.2, 0.25) is 0 Å². The first-order chi connectivity index (χ1) is 8.16. The van der Waals surface area contributed by atoms with E-state index in [2.05, 4.69) is 16.5 Å². The predicted octanol–water partition coefficient (Wildman–Crippen LogP) is 2.99. The Morgan fingerprint density at radius 1 is 1.35 bits per heavy atom. The zero-order valence-corrected chi connectivity index (χ0v) is 10.1. The largest absolute Gasteiger partial charge is 0.323 e. The van der Waals surface area contributed by atoms with Crippen molar-refractivity contribution in [3.05, 3.63) is 48.3 Å². The fourth-order valence-corrected chi connectivity index (χ4v) is 1.70. The molecule has 2 N–H and O–H groups in total. The third-order valence-corrected chi connectivity index (χ3v) is 2.73. The number of hydrogen-bond donors (Lipinski definition) is 1. The van der Waals surface area contributed by atoms with E-state index in [1.807, 2.05) is 31.2 Å². The molecule has 0 saturated heterocycles. The SMILES string of the molecule is C=C(C)CCC(N)c1cnc2ccccc2n1. The summed E-state index contributed by atoms with van der Waals surface area (Å²) >= 11 is 0. The van der Waals surface area contributed by atoms with Gasteiger partial charge in [0.1, 0.15) is 0 Å². The Hall–Kier alpha value is -1.74. The van der Waals surface area contributed by atoms with Crippen LogP contribution in [-0.4, -0.2) is 9.97 Å². The van der Waals surface area contributed by atoms with Crippen molar-refractivity contribution in [3.8, 4) is 0 Å². The van der Waals surface area contributed by atoms with Crippen LogP contribution < -0.4 is 5.73 Å².